The first kappa shape index (κ1) is 13.5. The van der Waals surface area contributed by atoms with Gasteiger partial charge in [-0.2, -0.15) is 0 Å². The quantitative estimate of drug-likeness (QED) is 0.515. The summed E-state index contributed by atoms with van der Waals surface area (Å²) >= 11 is 0. The van der Waals surface area contributed by atoms with Crippen LogP contribution in [-0.4, -0.2) is 41.5 Å². The lowest BCUT2D eigenvalue weighted by Gasteiger charge is -2.32. The lowest BCUT2D eigenvalue weighted by Crippen LogP contribution is -2.53. The molecule has 19 heavy (non-hydrogen) atoms. The number of amides is 1. The maximum Gasteiger partial charge on any atom is 0.348 e. The SMILES string of the molecule is CC[N+]1(CC)CCNc2cc([N+](=O)[O-])ccc2C1=O. The Bertz CT molecular complexity index is 524. The van der Waals surface area contributed by atoms with Crippen LogP contribution in [0, 0.1) is 10.1 Å². The molecule has 0 atom stereocenters. The molecular weight excluding hydrogens is 246 g/mol. The number of nitro benzene ring substituents is 1. The summed E-state index contributed by atoms with van der Waals surface area (Å²) in [4.78, 5) is 23.0. The van der Waals surface area contributed by atoms with Crippen molar-refractivity contribution < 1.29 is 14.2 Å². The molecule has 0 aromatic heterocycles. The van der Waals surface area contributed by atoms with E-state index < -0.39 is 4.92 Å². The minimum absolute atomic E-state index is 0.00652. The average Bonchev–Trinajstić information content (AvgIpc) is 2.56. The number of hydrogen-bond acceptors (Lipinski definition) is 4. The fraction of sp³-hybridized carbons (Fsp3) is 0.462. The molecule has 2 rings (SSSR count). The van der Waals surface area contributed by atoms with E-state index in [0.29, 0.717) is 28.8 Å². The third-order valence-corrected chi connectivity index (χ3v) is 3.94. The van der Waals surface area contributed by atoms with E-state index >= 15 is 0 Å². The standard InChI is InChI=1S/C13H17N3O3/c1-3-16(4-2)8-7-14-12-9-10(15(18)19)5-6-11(12)13(16)17/h5-6,9H,3-4,7-8H2,1-2H3/p+1. The second-order valence-corrected chi connectivity index (χ2v) is 4.72. The third-order valence-electron chi connectivity index (χ3n) is 3.94. The Morgan fingerprint density at radius 1 is 1.37 bits per heavy atom. The molecule has 0 unspecified atom stereocenters. The van der Waals surface area contributed by atoms with Gasteiger partial charge in [0.1, 0.15) is 12.1 Å². The summed E-state index contributed by atoms with van der Waals surface area (Å²) in [7, 11) is 0. The zero-order chi connectivity index (χ0) is 14.0. The van der Waals surface area contributed by atoms with Crippen molar-refractivity contribution in [3.05, 3.63) is 33.9 Å². The molecule has 1 aliphatic heterocycles. The summed E-state index contributed by atoms with van der Waals surface area (Å²) in [5, 5.41) is 13.9. The maximum absolute atomic E-state index is 12.7. The van der Waals surface area contributed by atoms with Crippen molar-refractivity contribution in [3.8, 4) is 0 Å². The Morgan fingerprint density at radius 3 is 2.63 bits per heavy atom. The summed E-state index contributed by atoms with van der Waals surface area (Å²) in [5.74, 6) is 0.0416. The van der Waals surface area contributed by atoms with Gasteiger partial charge in [0.15, 0.2) is 0 Å². The van der Waals surface area contributed by atoms with Crippen molar-refractivity contribution in [1.29, 1.82) is 0 Å². The number of carbonyl (C=O) groups excluding carboxylic acids is 1. The molecule has 1 aromatic rings. The summed E-state index contributed by atoms with van der Waals surface area (Å²) < 4.78 is 0.387. The first-order valence-electron chi connectivity index (χ1n) is 6.47. The summed E-state index contributed by atoms with van der Waals surface area (Å²) in [5.41, 5.74) is 1.12. The number of hydrogen-bond donors (Lipinski definition) is 1. The number of likely N-dealkylation sites (N-methyl/N-ethyl adjacent to an activating group) is 1. The fourth-order valence-electron chi connectivity index (χ4n) is 2.57. The number of anilines is 1. The monoisotopic (exact) mass is 264 g/mol. The average molecular weight is 264 g/mol. The van der Waals surface area contributed by atoms with E-state index in [4.69, 9.17) is 0 Å². The summed E-state index contributed by atoms with van der Waals surface area (Å²) in [6.45, 7) is 6.80. The van der Waals surface area contributed by atoms with Crippen LogP contribution in [0.4, 0.5) is 11.4 Å². The first-order chi connectivity index (χ1) is 9.04. The van der Waals surface area contributed by atoms with Crippen LogP contribution in [0.3, 0.4) is 0 Å². The van der Waals surface area contributed by atoms with Gasteiger partial charge in [0.05, 0.1) is 30.2 Å². The molecule has 6 heteroatoms. The van der Waals surface area contributed by atoms with Gasteiger partial charge >= 0.3 is 5.91 Å². The molecule has 0 radical (unpaired) electrons. The van der Waals surface area contributed by atoms with Crippen LogP contribution in [-0.2, 0) is 0 Å². The normalized spacial score (nSPS) is 17.3. The number of nitrogens with zero attached hydrogens (tertiary/aromatic N) is 2. The van der Waals surface area contributed by atoms with Crippen LogP contribution in [0.25, 0.3) is 0 Å². The van der Waals surface area contributed by atoms with Crippen LogP contribution in [0.2, 0.25) is 0 Å². The number of nitro groups is 1. The number of carbonyl (C=O) groups is 1. The predicted octanol–water partition coefficient (Wildman–Crippen LogP) is 2.02. The van der Waals surface area contributed by atoms with Gasteiger partial charge in [0.25, 0.3) is 5.69 Å². The number of nitrogens with one attached hydrogen (secondary N) is 1. The highest BCUT2D eigenvalue weighted by Crippen LogP contribution is 2.28. The maximum atomic E-state index is 12.7. The van der Waals surface area contributed by atoms with Crippen molar-refractivity contribution in [1.82, 2.24) is 0 Å². The zero-order valence-electron chi connectivity index (χ0n) is 11.2. The lowest BCUT2D eigenvalue weighted by molar-refractivity contribution is -0.843. The molecule has 0 aliphatic carbocycles. The van der Waals surface area contributed by atoms with Crippen LogP contribution >= 0.6 is 0 Å². The molecule has 1 aliphatic rings. The van der Waals surface area contributed by atoms with Gasteiger partial charge in [0.2, 0.25) is 0 Å². The molecule has 6 nitrogen and oxygen atoms in total. The highest BCUT2D eigenvalue weighted by Gasteiger charge is 2.37. The van der Waals surface area contributed by atoms with E-state index in [2.05, 4.69) is 5.32 Å². The van der Waals surface area contributed by atoms with Gasteiger partial charge in [-0.05, 0) is 19.9 Å². The Hall–Kier alpha value is -1.95. The molecule has 0 spiro atoms. The van der Waals surface area contributed by atoms with Crippen molar-refractivity contribution in [2.75, 3.05) is 31.5 Å². The van der Waals surface area contributed by atoms with Crippen LogP contribution in [0.1, 0.15) is 24.2 Å². The molecule has 102 valence electrons. The Labute approximate surface area is 111 Å². The number of fused-ring (bicyclic) bond motifs is 1. The molecule has 0 saturated carbocycles. The number of quaternary nitrogens is 1. The van der Waals surface area contributed by atoms with Crippen molar-refractivity contribution in [2.45, 2.75) is 13.8 Å². The topological polar surface area (TPSA) is 72.2 Å². The molecule has 1 amide bonds. The number of rotatable bonds is 3. The second-order valence-electron chi connectivity index (χ2n) is 4.72. The molecule has 1 aromatic carbocycles. The molecule has 0 saturated heterocycles. The first-order valence-corrected chi connectivity index (χ1v) is 6.47. The molecule has 0 bridgehead atoms. The van der Waals surface area contributed by atoms with Crippen LogP contribution in [0.15, 0.2) is 18.2 Å². The van der Waals surface area contributed by atoms with Gasteiger partial charge in [0, 0.05) is 12.1 Å². The zero-order valence-corrected chi connectivity index (χ0v) is 11.2. The lowest BCUT2D eigenvalue weighted by atomic mass is 10.1. The smallest absolute Gasteiger partial charge is 0.348 e. The number of non-ortho nitro benzene ring substituents is 1. The molecule has 0 fully saturated rings. The van der Waals surface area contributed by atoms with E-state index in [1.54, 1.807) is 6.07 Å². The molecule has 1 heterocycles. The Morgan fingerprint density at radius 2 is 2.05 bits per heavy atom. The second kappa shape index (κ2) is 4.97. The number of benzene rings is 1. The van der Waals surface area contributed by atoms with Crippen molar-refractivity contribution in [2.24, 2.45) is 0 Å². The van der Waals surface area contributed by atoms with Crippen molar-refractivity contribution in [3.63, 3.8) is 0 Å². The van der Waals surface area contributed by atoms with Gasteiger partial charge in [-0.25, -0.2) is 4.79 Å². The van der Waals surface area contributed by atoms with Gasteiger partial charge < -0.3 is 5.32 Å². The molecular formula is C13H18N3O3+. The minimum Gasteiger partial charge on any atom is -0.378 e. The highest BCUT2D eigenvalue weighted by atomic mass is 16.6. The predicted molar refractivity (Wildman–Crippen MR) is 72.1 cm³/mol. The third kappa shape index (κ3) is 2.19. The van der Waals surface area contributed by atoms with Crippen LogP contribution < -0.4 is 5.32 Å². The largest absolute Gasteiger partial charge is 0.378 e. The van der Waals surface area contributed by atoms with E-state index in [9.17, 15) is 14.9 Å². The van der Waals surface area contributed by atoms with Gasteiger partial charge in [-0.15, -0.1) is 0 Å². The highest BCUT2D eigenvalue weighted by molar-refractivity contribution is 5.96. The van der Waals surface area contributed by atoms with E-state index in [1.807, 2.05) is 13.8 Å². The van der Waals surface area contributed by atoms with Crippen LogP contribution in [0.5, 0.6) is 0 Å². The van der Waals surface area contributed by atoms with Crippen molar-refractivity contribution >= 4 is 17.3 Å². The minimum atomic E-state index is -0.445. The van der Waals surface area contributed by atoms with E-state index in [-0.39, 0.29) is 11.6 Å². The van der Waals surface area contributed by atoms with E-state index in [0.717, 1.165) is 13.1 Å². The Balaban J connectivity index is 2.50. The molecule has 1 N–H and O–H groups in total. The Kier molecular flexibility index (Phi) is 3.53. The summed E-state index contributed by atoms with van der Waals surface area (Å²) in [6.07, 6.45) is 0. The fourth-order valence-corrected chi connectivity index (χ4v) is 2.57. The summed E-state index contributed by atoms with van der Waals surface area (Å²) in [6, 6.07) is 4.40. The van der Waals surface area contributed by atoms with Gasteiger partial charge in [-0.3, -0.25) is 14.6 Å². The van der Waals surface area contributed by atoms with Gasteiger partial charge in [-0.1, -0.05) is 0 Å². The van der Waals surface area contributed by atoms with E-state index in [1.165, 1.54) is 12.1 Å².